The second kappa shape index (κ2) is 7.59. The second-order valence-electron chi connectivity index (χ2n) is 6.51. The number of morpholine rings is 1. The lowest BCUT2D eigenvalue weighted by molar-refractivity contribution is -0.0707. The zero-order valence-electron chi connectivity index (χ0n) is 14.6. The van der Waals surface area contributed by atoms with E-state index >= 15 is 0 Å². The molecule has 1 N–H and O–H groups in total. The molecule has 3 rings (SSSR count). The number of aryl methyl sites for hydroxylation is 1. The molecule has 1 aliphatic rings. The number of thiazole rings is 1. The van der Waals surface area contributed by atoms with Gasteiger partial charge < -0.3 is 4.74 Å². The van der Waals surface area contributed by atoms with Gasteiger partial charge in [-0.05, 0) is 38.5 Å². The number of carbonyl (C=O) groups excluding carboxylic acids is 1. The Morgan fingerprint density at radius 2 is 2.12 bits per heavy atom. The average Bonchev–Trinajstić information content (AvgIpc) is 2.95. The molecule has 2 unspecified atom stereocenters. The summed E-state index contributed by atoms with van der Waals surface area (Å²) >= 11 is 1.38. The van der Waals surface area contributed by atoms with Crippen LogP contribution in [0.2, 0.25) is 0 Å². The first-order valence-electron chi connectivity index (χ1n) is 8.30. The van der Waals surface area contributed by atoms with Gasteiger partial charge in [0.15, 0.2) is 5.13 Å². The molecule has 25 heavy (non-hydrogen) atoms. The molecular formula is C18H22FN3O2S. The van der Waals surface area contributed by atoms with Gasteiger partial charge in [0.05, 0.1) is 17.9 Å². The van der Waals surface area contributed by atoms with E-state index in [0.717, 1.165) is 30.9 Å². The third-order valence-corrected chi connectivity index (χ3v) is 4.90. The average molecular weight is 363 g/mol. The lowest BCUT2D eigenvalue weighted by Gasteiger charge is -2.34. The molecule has 134 valence electrons. The number of hydrogen-bond donors (Lipinski definition) is 1. The Kier molecular flexibility index (Phi) is 5.46. The van der Waals surface area contributed by atoms with Crippen molar-refractivity contribution in [2.75, 3.05) is 18.4 Å². The van der Waals surface area contributed by atoms with Crippen LogP contribution in [0, 0.1) is 12.7 Å². The normalized spacial score (nSPS) is 21.3. The summed E-state index contributed by atoms with van der Waals surface area (Å²) in [6.07, 6.45) is 0.412. The van der Waals surface area contributed by atoms with Crippen LogP contribution >= 0.6 is 11.3 Å². The van der Waals surface area contributed by atoms with Crippen LogP contribution in [0.15, 0.2) is 23.6 Å². The quantitative estimate of drug-likeness (QED) is 0.904. The van der Waals surface area contributed by atoms with E-state index in [1.807, 2.05) is 5.38 Å². The molecule has 5 nitrogen and oxygen atoms in total. The van der Waals surface area contributed by atoms with E-state index in [1.54, 1.807) is 13.0 Å². The molecule has 0 bridgehead atoms. The van der Waals surface area contributed by atoms with E-state index in [2.05, 4.69) is 29.0 Å². The van der Waals surface area contributed by atoms with Crippen LogP contribution in [0.3, 0.4) is 0 Å². The highest BCUT2D eigenvalue weighted by Crippen LogP contribution is 2.20. The van der Waals surface area contributed by atoms with Crippen LogP contribution in [0.5, 0.6) is 0 Å². The Balaban J connectivity index is 1.63. The van der Waals surface area contributed by atoms with E-state index in [-0.39, 0.29) is 18.1 Å². The van der Waals surface area contributed by atoms with E-state index in [1.165, 1.54) is 23.5 Å². The fourth-order valence-corrected chi connectivity index (χ4v) is 3.78. The molecule has 1 aromatic carbocycles. The number of carbonyl (C=O) groups is 1. The van der Waals surface area contributed by atoms with Gasteiger partial charge in [-0.25, -0.2) is 9.37 Å². The van der Waals surface area contributed by atoms with E-state index < -0.39 is 5.82 Å². The lowest BCUT2D eigenvalue weighted by Crippen LogP contribution is -2.44. The number of ether oxygens (including phenoxy) is 1. The number of hydrogen-bond acceptors (Lipinski definition) is 5. The maximum absolute atomic E-state index is 13.4. The van der Waals surface area contributed by atoms with Crippen molar-refractivity contribution in [1.29, 1.82) is 0 Å². The summed E-state index contributed by atoms with van der Waals surface area (Å²) in [5, 5.41) is 5.23. The Bertz CT molecular complexity index is 755. The number of halogens is 1. The van der Waals surface area contributed by atoms with Gasteiger partial charge in [0.25, 0.3) is 5.91 Å². The first-order valence-corrected chi connectivity index (χ1v) is 9.18. The lowest BCUT2D eigenvalue weighted by atomic mass is 10.1. The van der Waals surface area contributed by atoms with Crippen LogP contribution in [-0.4, -0.2) is 41.1 Å². The van der Waals surface area contributed by atoms with Gasteiger partial charge in [-0.1, -0.05) is 6.07 Å². The fourth-order valence-electron chi connectivity index (χ4n) is 3.08. The van der Waals surface area contributed by atoms with Gasteiger partial charge in [-0.15, -0.1) is 11.3 Å². The minimum Gasteiger partial charge on any atom is -0.373 e. The highest BCUT2D eigenvalue weighted by Gasteiger charge is 2.23. The third-order valence-electron chi connectivity index (χ3n) is 4.10. The molecule has 0 saturated carbocycles. The highest BCUT2D eigenvalue weighted by molar-refractivity contribution is 7.13. The smallest absolute Gasteiger partial charge is 0.257 e. The number of anilines is 1. The molecule has 2 heterocycles. The molecule has 1 aromatic heterocycles. The summed E-state index contributed by atoms with van der Waals surface area (Å²) in [4.78, 5) is 19.1. The molecule has 1 saturated heterocycles. The molecule has 1 aliphatic heterocycles. The summed E-state index contributed by atoms with van der Waals surface area (Å²) in [7, 11) is 0. The SMILES string of the molecule is Cc1ccc(F)cc1C(=O)Nc1nc(CN2CC(C)OC(C)C2)cs1. The number of amides is 1. The summed E-state index contributed by atoms with van der Waals surface area (Å²) in [6, 6.07) is 4.19. The monoisotopic (exact) mass is 363 g/mol. The molecule has 0 radical (unpaired) electrons. The van der Waals surface area contributed by atoms with Crippen LogP contribution in [0.4, 0.5) is 9.52 Å². The summed E-state index contributed by atoms with van der Waals surface area (Å²) < 4.78 is 19.1. The zero-order chi connectivity index (χ0) is 18.0. The molecular weight excluding hydrogens is 341 g/mol. The van der Waals surface area contributed by atoms with Crippen molar-refractivity contribution in [2.24, 2.45) is 0 Å². The topological polar surface area (TPSA) is 54.5 Å². The number of nitrogens with zero attached hydrogens (tertiary/aromatic N) is 2. The number of nitrogens with one attached hydrogen (secondary N) is 1. The first-order chi connectivity index (χ1) is 11.9. The van der Waals surface area contributed by atoms with Crippen LogP contribution in [0.1, 0.15) is 35.5 Å². The van der Waals surface area contributed by atoms with Gasteiger partial charge in [0.2, 0.25) is 0 Å². The van der Waals surface area contributed by atoms with Crippen LogP contribution < -0.4 is 5.32 Å². The fraction of sp³-hybridized carbons (Fsp3) is 0.444. The van der Waals surface area contributed by atoms with Gasteiger partial charge in [0.1, 0.15) is 5.82 Å². The Morgan fingerprint density at radius 3 is 2.84 bits per heavy atom. The minimum atomic E-state index is -0.425. The van der Waals surface area contributed by atoms with Crippen molar-refractivity contribution in [3.63, 3.8) is 0 Å². The molecule has 2 atom stereocenters. The standard InChI is InChI=1S/C18H22FN3O2S/c1-11-4-5-14(19)6-16(11)17(23)21-18-20-15(10-25-18)9-22-7-12(2)24-13(3)8-22/h4-6,10,12-13H,7-9H2,1-3H3,(H,20,21,23). The second-order valence-corrected chi connectivity index (χ2v) is 7.37. The molecule has 1 amide bonds. The van der Waals surface area contributed by atoms with E-state index in [0.29, 0.717) is 10.7 Å². The van der Waals surface area contributed by atoms with E-state index in [4.69, 9.17) is 4.74 Å². The number of aromatic nitrogens is 1. The van der Waals surface area contributed by atoms with Crippen LogP contribution in [0.25, 0.3) is 0 Å². The van der Waals surface area contributed by atoms with Crippen LogP contribution in [-0.2, 0) is 11.3 Å². The van der Waals surface area contributed by atoms with Crippen molar-refractivity contribution >= 4 is 22.4 Å². The third kappa shape index (κ3) is 4.62. The Morgan fingerprint density at radius 1 is 1.40 bits per heavy atom. The largest absolute Gasteiger partial charge is 0.373 e. The van der Waals surface area contributed by atoms with Gasteiger partial charge in [0, 0.05) is 30.6 Å². The summed E-state index contributed by atoms with van der Waals surface area (Å²) in [5.41, 5.74) is 1.97. The maximum atomic E-state index is 13.4. The Labute approximate surface area is 150 Å². The number of benzene rings is 1. The minimum absolute atomic E-state index is 0.206. The molecule has 0 aliphatic carbocycles. The zero-order valence-corrected chi connectivity index (χ0v) is 15.4. The first kappa shape index (κ1) is 18.0. The van der Waals surface area contributed by atoms with E-state index in [9.17, 15) is 9.18 Å². The van der Waals surface area contributed by atoms with Crippen molar-refractivity contribution in [1.82, 2.24) is 9.88 Å². The van der Waals surface area contributed by atoms with Crippen molar-refractivity contribution < 1.29 is 13.9 Å². The summed E-state index contributed by atoms with van der Waals surface area (Å²) in [6.45, 7) is 8.37. The predicted octanol–water partition coefficient (Wildman–Crippen LogP) is 3.45. The molecule has 0 spiro atoms. The molecule has 1 fully saturated rings. The highest BCUT2D eigenvalue weighted by atomic mass is 32.1. The van der Waals surface area contributed by atoms with Crippen molar-refractivity contribution in [3.8, 4) is 0 Å². The molecule has 2 aromatic rings. The molecule has 7 heteroatoms. The van der Waals surface area contributed by atoms with Crippen molar-refractivity contribution in [2.45, 2.75) is 39.5 Å². The van der Waals surface area contributed by atoms with Crippen molar-refractivity contribution in [3.05, 3.63) is 46.2 Å². The summed E-state index contributed by atoms with van der Waals surface area (Å²) in [5.74, 6) is -0.766. The van der Waals surface area contributed by atoms with Gasteiger partial charge in [-0.3, -0.25) is 15.0 Å². The predicted molar refractivity (Wildman–Crippen MR) is 96.5 cm³/mol. The number of rotatable bonds is 4. The van der Waals surface area contributed by atoms with Gasteiger partial charge in [-0.2, -0.15) is 0 Å². The Hall–Kier alpha value is -1.83. The van der Waals surface area contributed by atoms with Gasteiger partial charge >= 0.3 is 0 Å². The maximum Gasteiger partial charge on any atom is 0.257 e.